The van der Waals surface area contributed by atoms with Gasteiger partial charge in [0.15, 0.2) is 0 Å². The molecule has 0 fully saturated rings. The molecule has 2 aromatic carbocycles. The van der Waals surface area contributed by atoms with Gasteiger partial charge >= 0.3 is 0 Å². The maximum absolute atomic E-state index is 14.2. The molecule has 2 aromatic rings. The van der Waals surface area contributed by atoms with Crippen LogP contribution in [0.5, 0.6) is 0 Å². The number of nitrogens with one attached hydrogen (secondary N) is 1. The fourth-order valence-electron chi connectivity index (χ4n) is 2.87. The van der Waals surface area contributed by atoms with Crippen LogP contribution in [-0.2, 0) is 21.2 Å². The third kappa shape index (κ3) is 5.07. The molecule has 0 spiro atoms. The Morgan fingerprint density at radius 1 is 1.11 bits per heavy atom. The zero-order valence-corrected chi connectivity index (χ0v) is 16.8. The first-order valence-electron chi connectivity index (χ1n) is 8.78. The average molecular weight is 392 g/mol. The molecule has 0 aliphatic rings. The highest BCUT2D eigenvalue weighted by atomic mass is 32.2. The van der Waals surface area contributed by atoms with Crippen LogP contribution < -0.4 is 9.62 Å². The highest BCUT2D eigenvalue weighted by molar-refractivity contribution is 7.92. The zero-order chi connectivity index (χ0) is 20.2. The van der Waals surface area contributed by atoms with Crippen molar-refractivity contribution in [2.75, 3.05) is 10.6 Å². The lowest BCUT2D eigenvalue weighted by Crippen LogP contribution is -2.48. The Bertz CT molecular complexity index is 898. The molecule has 7 heteroatoms. The molecule has 2 rings (SSSR count). The van der Waals surface area contributed by atoms with Crippen LogP contribution in [0.2, 0.25) is 0 Å². The van der Waals surface area contributed by atoms with Gasteiger partial charge in [-0.05, 0) is 43.5 Å². The summed E-state index contributed by atoms with van der Waals surface area (Å²) in [6.45, 7) is 5.32. The molecular formula is C20H25FN2O3S. The lowest BCUT2D eigenvalue weighted by atomic mass is 10.0. The van der Waals surface area contributed by atoms with Crippen LogP contribution in [0.25, 0.3) is 0 Å². The van der Waals surface area contributed by atoms with E-state index in [0.717, 1.165) is 28.6 Å². The summed E-state index contributed by atoms with van der Waals surface area (Å²) in [6, 6.07) is 11.9. The molecular weight excluding hydrogens is 367 g/mol. The van der Waals surface area contributed by atoms with E-state index < -0.39 is 27.8 Å². The molecule has 0 heterocycles. The highest BCUT2D eigenvalue weighted by Gasteiger charge is 2.31. The van der Waals surface area contributed by atoms with Crippen LogP contribution in [0, 0.1) is 5.82 Å². The summed E-state index contributed by atoms with van der Waals surface area (Å²) in [4.78, 5) is 12.7. The first-order chi connectivity index (χ1) is 12.6. The van der Waals surface area contributed by atoms with E-state index >= 15 is 0 Å². The second-order valence-electron chi connectivity index (χ2n) is 6.51. The first kappa shape index (κ1) is 20.9. The Morgan fingerprint density at radius 2 is 1.70 bits per heavy atom. The van der Waals surface area contributed by atoms with Gasteiger partial charge in [-0.3, -0.25) is 9.10 Å². The summed E-state index contributed by atoms with van der Waals surface area (Å²) in [5.41, 5.74) is 1.94. The molecule has 0 aliphatic carbocycles. The Balaban J connectivity index is 2.23. The van der Waals surface area contributed by atoms with Gasteiger partial charge < -0.3 is 5.32 Å². The summed E-state index contributed by atoms with van der Waals surface area (Å²) in [5.74, 6) is -1.21. The highest BCUT2D eigenvalue weighted by Crippen LogP contribution is 2.24. The zero-order valence-electron chi connectivity index (χ0n) is 15.9. The maximum atomic E-state index is 14.2. The number of rotatable bonds is 7. The summed E-state index contributed by atoms with van der Waals surface area (Å²) in [7, 11) is -3.86. The molecule has 0 bridgehead atoms. The predicted molar refractivity (Wildman–Crippen MR) is 106 cm³/mol. The second kappa shape index (κ2) is 8.52. The maximum Gasteiger partial charge on any atom is 0.244 e. The van der Waals surface area contributed by atoms with E-state index in [1.165, 1.54) is 30.7 Å². The molecule has 5 nitrogen and oxygen atoms in total. The number of hydrogen-bond donors (Lipinski definition) is 1. The van der Waals surface area contributed by atoms with Gasteiger partial charge in [-0.15, -0.1) is 0 Å². The van der Waals surface area contributed by atoms with Gasteiger partial charge in [0.1, 0.15) is 11.9 Å². The summed E-state index contributed by atoms with van der Waals surface area (Å²) < 4.78 is 39.4. The molecule has 0 aromatic heterocycles. The predicted octanol–water partition coefficient (Wildman–Crippen LogP) is 3.42. The molecule has 0 radical (unpaired) electrons. The van der Waals surface area contributed by atoms with Crippen molar-refractivity contribution in [3.8, 4) is 0 Å². The largest absolute Gasteiger partial charge is 0.348 e. The lowest BCUT2D eigenvalue weighted by Gasteiger charge is -2.29. The molecule has 27 heavy (non-hydrogen) atoms. The van der Waals surface area contributed by atoms with Crippen molar-refractivity contribution in [1.29, 1.82) is 0 Å². The minimum absolute atomic E-state index is 0.150. The SMILES string of the molecule is CCc1ccc([C@H](C)NC(=O)[C@@H](C)N(c2ccccc2F)S(C)(=O)=O)cc1. The number of sulfonamides is 1. The van der Waals surface area contributed by atoms with Crippen LogP contribution in [0.1, 0.15) is 37.9 Å². The first-order valence-corrected chi connectivity index (χ1v) is 10.6. The number of amides is 1. The van der Waals surface area contributed by atoms with E-state index in [2.05, 4.69) is 12.2 Å². The molecule has 0 saturated heterocycles. The number of hydrogen-bond acceptors (Lipinski definition) is 3. The van der Waals surface area contributed by atoms with Crippen molar-refractivity contribution in [3.05, 3.63) is 65.5 Å². The smallest absolute Gasteiger partial charge is 0.244 e. The number of anilines is 1. The van der Waals surface area contributed by atoms with Gasteiger partial charge in [0.2, 0.25) is 15.9 Å². The molecule has 0 aliphatic heterocycles. The topological polar surface area (TPSA) is 66.5 Å². The van der Waals surface area contributed by atoms with Gasteiger partial charge in [-0.2, -0.15) is 0 Å². The number of nitrogens with zero attached hydrogens (tertiary/aromatic N) is 1. The van der Waals surface area contributed by atoms with Gasteiger partial charge in [-0.1, -0.05) is 43.3 Å². The number of halogens is 1. The van der Waals surface area contributed by atoms with Crippen molar-refractivity contribution >= 4 is 21.6 Å². The Hall–Kier alpha value is -2.41. The summed E-state index contributed by atoms with van der Waals surface area (Å²) in [6.07, 6.45) is 1.88. The van der Waals surface area contributed by atoms with E-state index in [1.54, 1.807) is 0 Å². The summed E-state index contributed by atoms with van der Waals surface area (Å²) >= 11 is 0. The molecule has 146 valence electrons. The average Bonchev–Trinajstić information content (AvgIpc) is 2.62. The third-order valence-electron chi connectivity index (χ3n) is 4.43. The molecule has 2 atom stereocenters. The minimum atomic E-state index is -3.86. The minimum Gasteiger partial charge on any atom is -0.348 e. The second-order valence-corrected chi connectivity index (χ2v) is 8.37. The Kier molecular flexibility index (Phi) is 6.59. The van der Waals surface area contributed by atoms with Crippen molar-refractivity contribution in [3.63, 3.8) is 0 Å². The monoisotopic (exact) mass is 392 g/mol. The fraction of sp³-hybridized carbons (Fsp3) is 0.350. The van der Waals surface area contributed by atoms with E-state index in [4.69, 9.17) is 0 Å². The Labute approximate surface area is 160 Å². The number of benzene rings is 2. The number of carbonyl (C=O) groups excluding carboxylic acids is 1. The van der Waals surface area contributed by atoms with Crippen LogP contribution in [0.4, 0.5) is 10.1 Å². The standard InChI is InChI=1S/C20H25FN2O3S/c1-5-16-10-12-17(13-11-16)14(2)22-20(24)15(3)23(27(4,25)26)19-9-7-6-8-18(19)21/h6-15H,5H2,1-4H3,(H,22,24)/t14-,15+/m0/s1. The van der Waals surface area contributed by atoms with Crippen LogP contribution >= 0.6 is 0 Å². The normalized spacial score (nSPS) is 13.7. The van der Waals surface area contributed by atoms with E-state index in [1.807, 2.05) is 31.2 Å². The quantitative estimate of drug-likeness (QED) is 0.785. The van der Waals surface area contributed by atoms with Gasteiger partial charge in [0.25, 0.3) is 0 Å². The molecule has 0 saturated carbocycles. The molecule has 1 amide bonds. The van der Waals surface area contributed by atoms with Crippen LogP contribution in [0.3, 0.4) is 0 Å². The van der Waals surface area contributed by atoms with Crippen LogP contribution in [0.15, 0.2) is 48.5 Å². The third-order valence-corrected chi connectivity index (χ3v) is 5.65. The van der Waals surface area contributed by atoms with E-state index in [9.17, 15) is 17.6 Å². The Morgan fingerprint density at radius 3 is 2.22 bits per heavy atom. The van der Waals surface area contributed by atoms with Crippen molar-refractivity contribution in [2.45, 2.75) is 39.3 Å². The molecule has 0 unspecified atom stereocenters. The van der Waals surface area contributed by atoms with Crippen LogP contribution in [-0.4, -0.2) is 26.6 Å². The lowest BCUT2D eigenvalue weighted by molar-refractivity contribution is -0.122. The number of para-hydroxylation sites is 1. The van der Waals surface area contributed by atoms with Gasteiger partial charge in [-0.25, -0.2) is 12.8 Å². The molecule has 1 N–H and O–H groups in total. The van der Waals surface area contributed by atoms with Crippen molar-refractivity contribution in [1.82, 2.24) is 5.32 Å². The van der Waals surface area contributed by atoms with Crippen molar-refractivity contribution < 1.29 is 17.6 Å². The van der Waals surface area contributed by atoms with E-state index in [-0.39, 0.29) is 11.7 Å². The number of carbonyl (C=O) groups is 1. The van der Waals surface area contributed by atoms with Crippen molar-refractivity contribution in [2.24, 2.45) is 0 Å². The number of aryl methyl sites for hydroxylation is 1. The van der Waals surface area contributed by atoms with Gasteiger partial charge in [0, 0.05) is 0 Å². The van der Waals surface area contributed by atoms with Gasteiger partial charge in [0.05, 0.1) is 18.0 Å². The van der Waals surface area contributed by atoms with E-state index in [0.29, 0.717) is 0 Å². The summed E-state index contributed by atoms with van der Waals surface area (Å²) in [5, 5.41) is 2.81. The fourth-order valence-corrected chi connectivity index (χ4v) is 4.05.